The van der Waals surface area contributed by atoms with Gasteiger partial charge in [-0.1, -0.05) is 23.4 Å². The first kappa shape index (κ1) is 14.2. The van der Waals surface area contributed by atoms with E-state index >= 15 is 0 Å². The zero-order chi connectivity index (χ0) is 14.7. The summed E-state index contributed by atoms with van der Waals surface area (Å²) in [6.07, 6.45) is 1.93. The van der Waals surface area contributed by atoms with Crippen LogP contribution in [0.2, 0.25) is 0 Å². The number of aryl methyl sites for hydroxylation is 2. The number of hydrogen-bond donors (Lipinski definition) is 2. The van der Waals surface area contributed by atoms with E-state index in [0.717, 1.165) is 0 Å². The Kier molecular flexibility index (Phi) is 4.14. The summed E-state index contributed by atoms with van der Waals surface area (Å²) in [6.45, 7) is 4.73. The SMILES string of the molecule is Cc1cccc(C)c1Cn1cc(CC(N)C(=O)O)nn1. The van der Waals surface area contributed by atoms with Crippen LogP contribution in [0.3, 0.4) is 0 Å². The van der Waals surface area contributed by atoms with Gasteiger partial charge in [-0.25, -0.2) is 4.68 Å². The van der Waals surface area contributed by atoms with Crippen molar-refractivity contribution >= 4 is 5.97 Å². The molecule has 20 heavy (non-hydrogen) atoms. The molecule has 3 N–H and O–H groups in total. The van der Waals surface area contributed by atoms with Gasteiger partial charge in [0.15, 0.2) is 0 Å². The minimum atomic E-state index is -1.03. The zero-order valence-corrected chi connectivity index (χ0v) is 11.6. The molecular formula is C14H18N4O2. The fraction of sp³-hybridized carbons (Fsp3) is 0.357. The van der Waals surface area contributed by atoms with Crippen LogP contribution < -0.4 is 5.73 Å². The van der Waals surface area contributed by atoms with Crippen molar-refractivity contribution in [2.75, 3.05) is 0 Å². The van der Waals surface area contributed by atoms with Crippen molar-refractivity contribution in [3.05, 3.63) is 46.8 Å². The summed E-state index contributed by atoms with van der Waals surface area (Å²) in [5.41, 5.74) is 9.67. The van der Waals surface area contributed by atoms with Crippen LogP contribution in [-0.2, 0) is 17.8 Å². The number of carbonyl (C=O) groups is 1. The molecule has 1 atom stereocenters. The average molecular weight is 274 g/mol. The highest BCUT2D eigenvalue weighted by Gasteiger charge is 2.14. The molecule has 0 radical (unpaired) electrons. The highest BCUT2D eigenvalue weighted by molar-refractivity contribution is 5.73. The molecule has 0 amide bonds. The van der Waals surface area contributed by atoms with Crippen LogP contribution in [0.15, 0.2) is 24.4 Å². The second-order valence-electron chi connectivity index (χ2n) is 4.93. The largest absolute Gasteiger partial charge is 0.480 e. The van der Waals surface area contributed by atoms with Gasteiger partial charge in [0, 0.05) is 12.6 Å². The number of nitrogens with zero attached hydrogens (tertiary/aromatic N) is 3. The summed E-state index contributed by atoms with van der Waals surface area (Å²) >= 11 is 0. The maximum Gasteiger partial charge on any atom is 0.320 e. The highest BCUT2D eigenvalue weighted by Crippen LogP contribution is 2.14. The van der Waals surface area contributed by atoms with Crippen LogP contribution in [-0.4, -0.2) is 32.1 Å². The van der Waals surface area contributed by atoms with E-state index in [2.05, 4.69) is 36.3 Å². The molecule has 1 heterocycles. The van der Waals surface area contributed by atoms with Crippen molar-refractivity contribution < 1.29 is 9.90 Å². The Morgan fingerprint density at radius 1 is 1.40 bits per heavy atom. The second-order valence-corrected chi connectivity index (χ2v) is 4.93. The molecule has 0 fully saturated rings. The monoisotopic (exact) mass is 274 g/mol. The van der Waals surface area contributed by atoms with E-state index in [1.807, 2.05) is 6.07 Å². The molecule has 1 unspecified atom stereocenters. The van der Waals surface area contributed by atoms with E-state index in [1.165, 1.54) is 16.7 Å². The molecule has 1 aromatic carbocycles. The summed E-state index contributed by atoms with van der Waals surface area (Å²) in [4.78, 5) is 10.7. The molecule has 1 aromatic heterocycles. The summed E-state index contributed by atoms with van der Waals surface area (Å²) in [5, 5.41) is 16.8. The zero-order valence-electron chi connectivity index (χ0n) is 11.6. The van der Waals surface area contributed by atoms with Crippen molar-refractivity contribution in [1.82, 2.24) is 15.0 Å². The van der Waals surface area contributed by atoms with Gasteiger partial charge in [-0.2, -0.15) is 0 Å². The number of carboxylic acid groups (broad SMARTS) is 1. The molecular weight excluding hydrogens is 256 g/mol. The third-order valence-electron chi connectivity index (χ3n) is 3.30. The van der Waals surface area contributed by atoms with E-state index in [-0.39, 0.29) is 6.42 Å². The molecule has 0 bridgehead atoms. The summed E-state index contributed by atoms with van der Waals surface area (Å²) in [7, 11) is 0. The van der Waals surface area contributed by atoms with Crippen molar-refractivity contribution in [3.63, 3.8) is 0 Å². The molecule has 2 rings (SSSR count). The Labute approximate surface area is 117 Å². The minimum absolute atomic E-state index is 0.183. The predicted octanol–water partition coefficient (Wildman–Crippen LogP) is 0.898. The Balaban J connectivity index is 2.12. The number of aliphatic carboxylic acids is 1. The maximum absolute atomic E-state index is 10.7. The first-order valence-corrected chi connectivity index (χ1v) is 6.40. The quantitative estimate of drug-likeness (QED) is 0.844. The number of aromatic nitrogens is 3. The molecule has 0 aliphatic heterocycles. The van der Waals surface area contributed by atoms with Gasteiger partial charge in [0.05, 0.1) is 12.2 Å². The van der Waals surface area contributed by atoms with Crippen molar-refractivity contribution in [2.24, 2.45) is 5.73 Å². The van der Waals surface area contributed by atoms with Gasteiger partial charge in [-0.15, -0.1) is 5.10 Å². The van der Waals surface area contributed by atoms with E-state index in [9.17, 15) is 4.79 Å². The second kappa shape index (κ2) is 5.83. The highest BCUT2D eigenvalue weighted by atomic mass is 16.4. The van der Waals surface area contributed by atoms with Crippen LogP contribution in [0, 0.1) is 13.8 Å². The summed E-state index contributed by atoms with van der Waals surface area (Å²) in [6, 6.07) is 5.19. The van der Waals surface area contributed by atoms with Gasteiger partial charge in [0.2, 0.25) is 0 Å². The fourth-order valence-electron chi connectivity index (χ4n) is 2.08. The molecule has 0 spiro atoms. The van der Waals surface area contributed by atoms with E-state index in [4.69, 9.17) is 10.8 Å². The predicted molar refractivity (Wildman–Crippen MR) is 74.4 cm³/mol. The molecule has 6 nitrogen and oxygen atoms in total. The lowest BCUT2D eigenvalue weighted by Crippen LogP contribution is -2.32. The number of rotatable bonds is 5. The van der Waals surface area contributed by atoms with Crippen LogP contribution in [0.1, 0.15) is 22.4 Å². The third-order valence-corrected chi connectivity index (χ3v) is 3.30. The van der Waals surface area contributed by atoms with Crippen LogP contribution in [0.25, 0.3) is 0 Å². The molecule has 6 heteroatoms. The van der Waals surface area contributed by atoms with E-state index < -0.39 is 12.0 Å². The lowest BCUT2D eigenvalue weighted by molar-refractivity contribution is -0.138. The Morgan fingerprint density at radius 2 is 2.05 bits per heavy atom. The van der Waals surface area contributed by atoms with Gasteiger partial charge in [0.1, 0.15) is 6.04 Å². The Morgan fingerprint density at radius 3 is 2.65 bits per heavy atom. The smallest absolute Gasteiger partial charge is 0.320 e. The van der Waals surface area contributed by atoms with Gasteiger partial charge in [-0.05, 0) is 30.5 Å². The van der Waals surface area contributed by atoms with E-state index in [0.29, 0.717) is 12.2 Å². The number of hydrogen-bond acceptors (Lipinski definition) is 4. The Hall–Kier alpha value is -2.21. The maximum atomic E-state index is 10.7. The summed E-state index contributed by atoms with van der Waals surface area (Å²) in [5.74, 6) is -1.03. The van der Waals surface area contributed by atoms with Crippen molar-refractivity contribution in [3.8, 4) is 0 Å². The lowest BCUT2D eigenvalue weighted by atomic mass is 10.0. The first-order valence-electron chi connectivity index (χ1n) is 6.40. The van der Waals surface area contributed by atoms with Gasteiger partial charge in [-0.3, -0.25) is 4.79 Å². The number of nitrogens with two attached hydrogens (primary N) is 1. The number of benzene rings is 1. The van der Waals surface area contributed by atoms with Gasteiger partial charge >= 0.3 is 5.97 Å². The summed E-state index contributed by atoms with van der Waals surface area (Å²) < 4.78 is 1.71. The molecule has 0 saturated carbocycles. The number of carboxylic acids is 1. The molecule has 0 aliphatic carbocycles. The molecule has 0 aliphatic rings. The normalized spacial score (nSPS) is 12.3. The molecule has 0 saturated heterocycles. The first-order chi connectivity index (χ1) is 9.47. The average Bonchev–Trinajstić information content (AvgIpc) is 2.81. The fourth-order valence-corrected chi connectivity index (χ4v) is 2.08. The van der Waals surface area contributed by atoms with Gasteiger partial charge in [0.25, 0.3) is 0 Å². The van der Waals surface area contributed by atoms with Crippen LogP contribution in [0.4, 0.5) is 0 Å². The molecule has 2 aromatic rings. The van der Waals surface area contributed by atoms with Crippen molar-refractivity contribution in [2.45, 2.75) is 32.9 Å². The third kappa shape index (κ3) is 3.21. The lowest BCUT2D eigenvalue weighted by Gasteiger charge is -2.08. The van der Waals surface area contributed by atoms with Crippen LogP contribution >= 0.6 is 0 Å². The minimum Gasteiger partial charge on any atom is -0.480 e. The Bertz CT molecular complexity index is 601. The van der Waals surface area contributed by atoms with Crippen LogP contribution in [0.5, 0.6) is 0 Å². The topological polar surface area (TPSA) is 94.0 Å². The van der Waals surface area contributed by atoms with Crippen molar-refractivity contribution in [1.29, 1.82) is 0 Å². The standard InChI is InChI=1S/C14H18N4O2/c1-9-4-3-5-10(2)12(9)8-18-7-11(16-17-18)6-13(15)14(19)20/h3-5,7,13H,6,8,15H2,1-2H3,(H,19,20). The van der Waals surface area contributed by atoms with E-state index in [1.54, 1.807) is 10.9 Å². The molecule has 106 valence electrons. The van der Waals surface area contributed by atoms with Gasteiger partial charge < -0.3 is 10.8 Å².